The van der Waals surface area contributed by atoms with E-state index in [9.17, 15) is 8.78 Å². The zero-order valence-electron chi connectivity index (χ0n) is 12.4. The van der Waals surface area contributed by atoms with Gasteiger partial charge in [0.25, 0.3) is 0 Å². The van der Waals surface area contributed by atoms with Crippen LogP contribution in [-0.2, 0) is 0 Å². The van der Waals surface area contributed by atoms with Gasteiger partial charge in [0.2, 0.25) is 0 Å². The van der Waals surface area contributed by atoms with E-state index in [-0.39, 0.29) is 17.7 Å². The molecule has 0 saturated heterocycles. The Hall–Kier alpha value is -1.94. The smallest absolute Gasteiger partial charge is 0.132 e. The number of hydrogen-bond acceptors (Lipinski definition) is 2. The molecule has 0 amide bonds. The average Bonchev–Trinajstić information content (AvgIpc) is 2.48. The first-order valence-corrected chi connectivity index (χ1v) is 6.90. The molecule has 2 aromatic carbocycles. The van der Waals surface area contributed by atoms with Crippen LogP contribution in [0.15, 0.2) is 36.4 Å². The molecule has 2 nitrogen and oxygen atoms in total. The maximum atomic E-state index is 14.3. The van der Waals surface area contributed by atoms with Crippen molar-refractivity contribution in [3.8, 4) is 5.75 Å². The van der Waals surface area contributed by atoms with Gasteiger partial charge in [-0.1, -0.05) is 25.1 Å². The maximum Gasteiger partial charge on any atom is 0.132 e. The van der Waals surface area contributed by atoms with Crippen molar-refractivity contribution in [2.24, 2.45) is 0 Å². The molecule has 1 atom stereocenters. The van der Waals surface area contributed by atoms with E-state index in [1.807, 2.05) is 6.92 Å². The number of aryl methyl sites for hydroxylation is 1. The van der Waals surface area contributed by atoms with Gasteiger partial charge < -0.3 is 10.1 Å². The Balaban J connectivity index is 2.55. The molecule has 112 valence electrons. The maximum absolute atomic E-state index is 14.3. The first-order valence-electron chi connectivity index (χ1n) is 6.90. The molecule has 0 aromatic heterocycles. The van der Waals surface area contributed by atoms with Gasteiger partial charge >= 0.3 is 0 Å². The van der Waals surface area contributed by atoms with Gasteiger partial charge in [-0.3, -0.25) is 0 Å². The highest BCUT2D eigenvalue weighted by Crippen LogP contribution is 2.32. The SMILES string of the molecule is CCNC(c1ccc(F)c(C)c1)c1c(F)cccc1OC. The van der Waals surface area contributed by atoms with E-state index in [0.29, 0.717) is 23.4 Å². The molecule has 0 saturated carbocycles. The molecule has 0 aliphatic rings. The molecule has 2 aromatic rings. The second kappa shape index (κ2) is 6.68. The zero-order valence-corrected chi connectivity index (χ0v) is 12.4. The predicted octanol–water partition coefficient (Wildman–Crippen LogP) is 3.98. The van der Waals surface area contributed by atoms with Crippen LogP contribution in [0.1, 0.15) is 29.7 Å². The van der Waals surface area contributed by atoms with Crippen molar-refractivity contribution in [3.05, 3.63) is 64.7 Å². The zero-order chi connectivity index (χ0) is 15.4. The van der Waals surface area contributed by atoms with Crippen molar-refractivity contribution in [1.29, 1.82) is 0 Å². The molecule has 4 heteroatoms. The highest BCUT2D eigenvalue weighted by Gasteiger charge is 2.22. The molecule has 0 bridgehead atoms. The van der Waals surface area contributed by atoms with E-state index in [2.05, 4.69) is 5.32 Å². The Bertz CT molecular complexity index is 628. The molecule has 0 heterocycles. The molecule has 0 aliphatic carbocycles. The van der Waals surface area contributed by atoms with E-state index >= 15 is 0 Å². The molecule has 2 rings (SSSR count). The van der Waals surface area contributed by atoms with Crippen LogP contribution in [0.5, 0.6) is 5.75 Å². The Morgan fingerprint density at radius 1 is 1.14 bits per heavy atom. The van der Waals surface area contributed by atoms with E-state index < -0.39 is 0 Å². The minimum absolute atomic E-state index is 0.269. The number of ether oxygens (including phenoxy) is 1. The number of rotatable bonds is 5. The molecule has 0 radical (unpaired) electrons. The largest absolute Gasteiger partial charge is 0.496 e. The van der Waals surface area contributed by atoms with Gasteiger partial charge in [0.05, 0.1) is 18.7 Å². The predicted molar refractivity (Wildman–Crippen MR) is 79.6 cm³/mol. The van der Waals surface area contributed by atoms with Gasteiger partial charge in [-0.05, 0) is 42.8 Å². The van der Waals surface area contributed by atoms with Gasteiger partial charge in [-0.25, -0.2) is 8.78 Å². The first kappa shape index (κ1) is 15.4. The molecule has 0 spiro atoms. The van der Waals surface area contributed by atoms with E-state index in [1.54, 1.807) is 31.2 Å². The van der Waals surface area contributed by atoms with Crippen molar-refractivity contribution in [1.82, 2.24) is 5.32 Å². The summed E-state index contributed by atoms with van der Waals surface area (Å²) in [4.78, 5) is 0. The standard InChI is InChI=1S/C17H19F2NO/c1-4-20-17(12-8-9-13(18)11(2)10-12)16-14(19)6-5-7-15(16)21-3/h5-10,17,20H,4H2,1-3H3. The fourth-order valence-corrected chi connectivity index (χ4v) is 2.41. The summed E-state index contributed by atoms with van der Waals surface area (Å²) in [6, 6.07) is 9.15. The van der Waals surface area contributed by atoms with Crippen molar-refractivity contribution in [2.75, 3.05) is 13.7 Å². The molecule has 0 fully saturated rings. The summed E-state index contributed by atoms with van der Waals surface area (Å²) in [5.41, 5.74) is 1.78. The third-order valence-corrected chi connectivity index (χ3v) is 3.45. The lowest BCUT2D eigenvalue weighted by atomic mass is 9.95. The van der Waals surface area contributed by atoms with Crippen LogP contribution in [0.4, 0.5) is 8.78 Å². The van der Waals surface area contributed by atoms with Crippen molar-refractivity contribution >= 4 is 0 Å². The average molecular weight is 291 g/mol. The lowest BCUT2D eigenvalue weighted by Crippen LogP contribution is -2.23. The van der Waals surface area contributed by atoms with Gasteiger partial charge in [-0.2, -0.15) is 0 Å². The molecule has 1 unspecified atom stereocenters. The Morgan fingerprint density at radius 2 is 1.90 bits per heavy atom. The summed E-state index contributed by atoms with van der Waals surface area (Å²) < 4.78 is 33.0. The van der Waals surface area contributed by atoms with Crippen LogP contribution in [0.2, 0.25) is 0 Å². The molecular formula is C17H19F2NO. The number of halogens is 2. The van der Waals surface area contributed by atoms with Crippen LogP contribution in [0, 0.1) is 18.6 Å². The molecule has 1 N–H and O–H groups in total. The monoisotopic (exact) mass is 291 g/mol. The lowest BCUT2D eigenvalue weighted by molar-refractivity contribution is 0.397. The normalized spacial score (nSPS) is 12.2. The second-order valence-electron chi connectivity index (χ2n) is 4.86. The molecular weight excluding hydrogens is 272 g/mol. The summed E-state index contributed by atoms with van der Waals surface area (Å²) in [6.45, 7) is 4.29. The number of nitrogens with one attached hydrogen (secondary N) is 1. The van der Waals surface area contributed by atoms with Crippen LogP contribution in [0.3, 0.4) is 0 Å². The number of benzene rings is 2. The van der Waals surface area contributed by atoms with Gasteiger partial charge in [0, 0.05) is 0 Å². The summed E-state index contributed by atoms with van der Waals surface area (Å²) in [6.07, 6.45) is 0. The summed E-state index contributed by atoms with van der Waals surface area (Å²) in [7, 11) is 1.51. The Morgan fingerprint density at radius 3 is 2.52 bits per heavy atom. The highest BCUT2D eigenvalue weighted by molar-refractivity contribution is 5.43. The molecule has 21 heavy (non-hydrogen) atoms. The van der Waals surface area contributed by atoms with E-state index in [0.717, 1.165) is 5.56 Å². The van der Waals surface area contributed by atoms with Gasteiger partial charge in [0.1, 0.15) is 17.4 Å². The van der Waals surface area contributed by atoms with Crippen molar-refractivity contribution in [2.45, 2.75) is 19.9 Å². The van der Waals surface area contributed by atoms with E-state index in [4.69, 9.17) is 4.74 Å². The lowest BCUT2D eigenvalue weighted by Gasteiger charge is -2.22. The topological polar surface area (TPSA) is 21.3 Å². The van der Waals surface area contributed by atoms with Crippen molar-refractivity contribution in [3.63, 3.8) is 0 Å². The minimum atomic E-state index is -0.384. The second-order valence-corrected chi connectivity index (χ2v) is 4.86. The fraction of sp³-hybridized carbons (Fsp3) is 0.294. The quantitative estimate of drug-likeness (QED) is 0.899. The van der Waals surface area contributed by atoms with Crippen molar-refractivity contribution < 1.29 is 13.5 Å². The summed E-state index contributed by atoms with van der Waals surface area (Å²) >= 11 is 0. The fourth-order valence-electron chi connectivity index (χ4n) is 2.41. The number of hydrogen-bond donors (Lipinski definition) is 1. The van der Waals surface area contributed by atoms with E-state index in [1.165, 1.54) is 19.2 Å². The number of methoxy groups -OCH3 is 1. The third-order valence-electron chi connectivity index (χ3n) is 3.45. The van der Waals surface area contributed by atoms with Gasteiger partial charge in [0.15, 0.2) is 0 Å². The van der Waals surface area contributed by atoms with Crippen LogP contribution >= 0.6 is 0 Å². The first-order chi connectivity index (χ1) is 10.1. The highest BCUT2D eigenvalue weighted by atomic mass is 19.1. The summed E-state index contributed by atoms with van der Waals surface area (Å²) in [5, 5.41) is 3.23. The Kier molecular flexibility index (Phi) is 4.91. The summed E-state index contributed by atoms with van der Waals surface area (Å²) in [5.74, 6) is -0.139. The third kappa shape index (κ3) is 3.22. The van der Waals surface area contributed by atoms with Crippen LogP contribution in [-0.4, -0.2) is 13.7 Å². The van der Waals surface area contributed by atoms with Crippen LogP contribution < -0.4 is 10.1 Å². The molecule has 0 aliphatic heterocycles. The van der Waals surface area contributed by atoms with Crippen LogP contribution in [0.25, 0.3) is 0 Å². The Labute approximate surface area is 123 Å². The minimum Gasteiger partial charge on any atom is -0.496 e. The van der Waals surface area contributed by atoms with Gasteiger partial charge in [-0.15, -0.1) is 0 Å².